The summed E-state index contributed by atoms with van der Waals surface area (Å²) in [5.41, 5.74) is 3.69. The average Bonchev–Trinajstić information content (AvgIpc) is 3.29. The first-order chi connectivity index (χ1) is 17.3. The van der Waals surface area contributed by atoms with E-state index in [1.807, 2.05) is 66.9 Å². The maximum atomic E-state index is 12.7. The zero-order valence-corrected chi connectivity index (χ0v) is 22.3. The summed E-state index contributed by atoms with van der Waals surface area (Å²) < 4.78 is 7.30. The highest BCUT2D eigenvalue weighted by Gasteiger charge is 2.21. The van der Waals surface area contributed by atoms with E-state index in [4.69, 9.17) is 27.9 Å². The quantitative estimate of drug-likeness (QED) is 0.233. The number of carbonyl (C=O) groups excluding carboxylic acids is 1. The van der Waals surface area contributed by atoms with Crippen molar-refractivity contribution in [1.29, 1.82) is 0 Å². The van der Waals surface area contributed by atoms with Gasteiger partial charge in [-0.25, -0.2) is 4.79 Å². The van der Waals surface area contributed by atoms with Gasteiger partial charge in [0.05, 0.1) is 23.2 Å². The van der Waals surface area contributed by atoms with Crippen LogP contribution in [0.3, 0.4) is 0 Å². The molecule has 0 aliphatic heterocycles. The number of aryl methyl sites for hydroxylation is 1. The molecule has 4 aromatic rings. The Morgan fingerprint density at radius 3 is 2.56 bits per heavy atom. The Labute approximate surface area is 224 Å². The summed E-state index contributed by atoms with van der Waals surface area (Å²) in [6.07, 6.45) is 0. The number of amides is 2. The molecule has 2 N–H and O–H groups in total. The molecule has 0 aliphatic carbocycles. The van der Waals surface area contributed by atoms with Gasteiger partial charge in [0.15, 0.2) is 11.0 Å². The molecular weight excluding hydrogens is 517 g/mol. The van der Waals surface area contributed by atoms with E-state index in [1.165, 1.54) is 0 Å². The van der Waals surface area contributed by atoms with E-state index in [9.17, 15) is 4.79 Å². The highest BCUT2D eigenvalue weighted by atomic mass is 35.5. The molecule has 0 spiro atoms. The molecule has 36 heavy (non-hydrogen) atoms. The minimum Gasteiger partial charge on any atom is -0.497 e. The van der Waals surface area contributed by atoms with Crippen molar-refractivity contribution in [3.63, 3.8) is 0 Å². The molecule has 1 aromatic heterocycles. The molecule has 7 nitrogen and oxygen atoms in total. The van der Waals surface area contributed by atoms with Gasteiger partial charge in [0.1, 0.15) is 5.75 Å². The van der Waals surface area contributed by atoms with E-state index >= 15 is 0 Å². The minimum absolute atomic E-state index is 0.360. The van der Waals surface area contributed by atoms with Crippen LogP contribution in [0.4, 0.5) is 10.5 Å². The van der Waals surface area contributed by atoms with Gasteiger partial charge in [0, 0.05) is 17.1 Å². The van der Waals surface area contributed by atoms with Crippen LogP contribution in [-0.2, 0) is 5.75 Å². The van der Waals surface area contributed by atoms with Crippen LogP contribution in [0.2, 0.25) is 10.0 Å². The Kier molecular flexibility index (Phi) is 8.40. The van der Waals surface area contributed by atoms with Gasteiger partial charge in [-0.3, -0.25) is 4.57 Å². The molecule has 4 rings (SSSR count). The maximum Gasteiger partial charge on any atom is 0.319 e. The third-order valence-corrected chi connectivity index (χ3v) is 7.10. The summed E-state index contributed by atoms with van der Waals surface area (Å²) in [5, 5.41) is 16.1. The van der Waals surface area contributed by atoms with Gasteiger partial charge in [-0.15, -0.1) is 10.2 Å². The number of methoxy groups -OCH3 is 1. The molecule has 0 saturated heterocycles. The van der Waals surface area contributed by atoms with Crippen LogP contribution in [0.25, 0.3) is 5.69 Å². The van der Waals surface area contributed by atoms with Gasteiger partial charge in [0.2, 0.25) is 0 Å². The van der Waals surface area contributed by atoms with Crippen molar-refractivity contribution >= 4 is 46.7 Å². The Morgan fingerprint density at radius 2 is 1.83 bits per heavy atom. The molecule has 186 valence electrons. The van der Waals surface area contributed by atoms with Crippen molar-refractivity contribution in [2.45, 2.75) is 30.8 Å². The molecule has 10 heteroatoms. The summed E-state index contributed by atoms with van der Waals surface area (Å²) in [5.74, 6) is 2.09. The van der Waals surface area contributed by atoms with Crippen molar-refractivity contribution in [3.8, 4) is 11.4 Å². The largest absolute Gasteiger partial charge is 0.497 e. The smallest absolute Gasteiger partial charge is 0.319 e. The van der Waals surface area contributed by atoms with Crippen LogP contribution in [0.15, 0.2) is 71.9 Å². The first kappa shape index (κ1) is 25.9. The van der Waals surface area contributed by atoms with Crippen molar-refractivity contribution in [2.24, 2.45) is 0 Å². The van der Waals surface area contributed by atoms with Crippen molar-refractivity contribution in [1.82, 2.24) is 20.1 Å². The summed E-state index contributed by atoms with van der Waals surface area (Å²) in [7, 11) is 1.65. The number of halogens is 2. The van der Waals surface area contributed by atoms with Crippen LogP contribution >= 0.6 is 35.0 Å². The van der Waals surface area contributed by atoms with Crippen molar-refractivity contribution in [2.75, 3.05) is 12.4 Å². The Balaban J connectivity index is 1.56. The van der Waals surface area contributed by atoms with E-state index in [0.29, 0.717) is 27.3 Å². The summed E-state index contributed by atoms with van der Waals surface area (Å²) in [6, 6.07) is 20.1. The summed E-state index contributed by atoms with van der Waals surface area (Å²) in [6.45, 7) is 3.90. The number of anilines is 1. The second-order valence-corrected chi connectivity index (χ2v) is 9.86. The monoisotopic (exact) mass is 541 g/mol. The maximum absolute atomic E-state index is 12.7. The number of rotatable bonds is 8. The lowest BCUT2D eigenvalue weighted by atomic mass is 10.2. The lowest BCUT2D eigenvalue weighted by molar-refractivity contribution is 0.249. The molecule has 0 radical (unpaired) electrons. The SMILES string of the molecule is COc1cccc(CSc2nnc(C(C)NC(=O)Nc3ccc(Cl)c(Cl)c3)n2-c2ccc(C)cc2)c1. The minimum atomic E-state index is -0.437. The van der Waals surface area contributed by atoms with Gasteiger partial charge in [0.25, 0.3) is 0 Å². The summed E-state index contributed by atoms with van der Waals surface area (Å²) in [4.78, 5) is 12.7. The first-order valence-corrected chi connectivity index (χ1v) is 12.9. The van der Waals surface area contributed by atoms with E-state index in [1.54, 1.807) is 37.1 Å². The van der Waals surface area contributed by atoms with E-state index in [0.717, 1.165) is 27.7 Å². The molecule has 0 fully saturated rings. The zero-order valence-electron chi connectivity index (χ0n) is 20.0. The van der Waals surface area contributed by atoms with Crippen LogP contribution in [0.1, 0.15) is 29.9 Å². The first-order valence-electron chi connectivity index (χ1n) is 11.1. The lowest BCUT2D eigenvalue weighted by Crippen LogP contribution is -2.32. The van der Waals surface area contributed by atoms with Crippen LogP contribution in [0.5, 0.6) is 5.75 Å². The number of aromatic nitrogens is 3. The fourth-order valence-electron chi connectivity index (χ4n) is 3.50. The number of hydrogen-bond acceptors (Lipinski definition) is 5. The number of thioether (sulfide) groups is 1. The highest BCUT2D eigenvalue weighted by Crippen LogP contribution is 2.29. The number of hydrogen-bond donors (Lipinski definition) is 2. The molecule has 0 aliphatic rings. The lowest BCUT2D eigenvalue weighted by Gasteiger charge is -2.17. The molecule has 1 heterocycles. The van der Waals surface area contributed by atoms with Crippen molar-refractivity contribution in [3.05, 3.63) is 93.7 Å². The zero-order chi connectivity index (χ0) is 25.7. The van der Waals surface area contributed by atoms with Gasteiger partial charge < -0.3 is 15.4 Å². The predicted molar refractivity (Wildman–Crippen MR) is 146 cm³/mol. The van der Waals surface area contributed by atoms with E-state index < -0.39 is 12.1 Å². The van der Waals surface area contributed by atoms with Gasteiger partial charge in [-0.1, -0.05) is 64.8 Å². The summed E-state index contributed by atoms with van der Waals surface area (Å²) >= 11 is 13.6. The number of urea groups is 1. The second kappa shape index (κ2) is 11.7. The van der Waals surface area contributed by atoms with Gasteiger partial charge in [-0.05, 0) is 61.9 Å². The normalized spacial score (nSPS) is 11.7. The van der Waals surface area contributed by atoms with Crippen molar-refractivity contribution < 1.29 is 9.53 Å². The van der Waals surface area contributed by atoms with E-state index in [2.05, 4.69) is 20.8 Å². The van der Waals surface area contributed by atoms with E-state index in [-0.39, 0.29) is 0 Å². The molecule has 3 aromatic carbocycles. The molecule has 0 saturated carbocycles. The molecular formula is C26H25Cl2N5O2S. The number of carbonyl (C=O) groups is 1. The predicted octanol–water partition coefficient (Wildman–Crippen LogP) is 7.07. The fourth-order valence-corrected chi connectivity index (χ4v) is 4.70. The third kappa shape index (κ3) is 6.32. The Morgan fingerprint density at radius 1 is 1.06 bits per heavy atom. The number of ether oxygens (including phenoxy) is 1. The molecule has 0 bridgehead atoms. The molecule has 1 atom stereocenters. The number of benzene rings is 3. The fraction of sp³-hybridized carbons (Fsp3) is 0.192. The average molecular weight is 542 g/mol. The molecule has 2 amide bonds. The standard InChI is InChI=1S/C26H25Cl2N5O2S/c1-16-7-10-20(11-8-16)33-24(17(2)29-25(34)30-19-9-12-22(27)23(28)14-19)31-32-26(33)36-15-18-5-4-6-21(13-18)35-3/h4-14,17H,15H2,1-3H3,(H2,29,30,34). The third-order valence-electron chi connectivity index (χ3n) is 5.37. The highest BCUT2D eigenvalue weighted by molar-refractivity contribution is 7.98. The van der Waals surface area contributed by atoms with Crippen LogP contribution in [0, 0.1) is 6.92 Å². The topological polar surface area (TPSA) is 81.1 Å². The Bertz CT molecular complexity index is 1360. The van der Waals surface area contributed by atoms with Crippen LogP contribution < -0.4 is 15.4 Å². The second-order valence-electron chi connectivity index (χ2n) is 8.10. The Hall–Kier alpha value is -3.20. The molecule has 1 unspecified atom stereocenters. The number of nitrogens with one attached hydrogen (secondary N) is 2. The number of nitrogens with zero attached hydrogens (tertiary/aromatic N) is 3. The van der Waals surface area contributed by atoms with Crippen LogP contribution in [-0.4, -0.2) is 27.9 Å². The van der Waals surface area contributed by atoms with Gasteiger partial charge >= 0.3 is 6.03 Å². The van der Waals surface area contributed by atoms with Gasteiger partial charge in [-0.2, -0.15) is 0 Å².